The first kappa shape index (κ1) is 19.6. The van der Waals surface area contributed by atoms with Crippen LogP contribution in [-0.4, -0.2) is 68.7 Å². The quantitative estimate of drug-likeness (QED) is 0.585. The Morgan fingerprint density at radius 1 is 1.27 bits per heavy atom. The van der Waals surface area contributed by atoms with E-state index in [1.165, 1.54) is 37.2 Å². The van der Waals surface area contributed by atoms with Crippen LogP contribution in [0.3, 0.4) is 0 Å². The Morgan fingerprint density at radius 2 is 2.08 bits per heavy atom. The molecule has 2 saturated heterocycles. The van der Waals surface area contributed by atoms with Gasteiger partial charge >= 0.3 is 0 Å². The van der Waals surface area contributed by atoms with Crippen LogP contribution in [0.2, 0.25) is 0 Å². The van der Waals surface area contributed by atoms with Gasteiger partial charge in [-0.3, -0.25) is 9.89 Å². The largest absolute Gasteiger partial charge is 0.384 e. The number of thiophene rings is 1. The van der Waals surface area contributed by atoms with Crippen LogP contribution in [0, 0.1) is 11.8 Å². The number of hydrogen-bond acceptors (Lipinski definition) is 4. The number of nitrogens with zero attached hydrogens (tertiary/aromatic N) is 3. The summed E-state index contributed by atoms with van der Waals surface area (Å²) in [5, 5.41) is 5.67. The zero-order valence-corrected chi connectivity index (χ0v) is 17.1. The van der Waals surface area contributed by atoms with Crippen molar-refractivity contribution in [3.8, 4) is 0 Å². The topological polar surface area (TPSA) is 40.1 Å². The standard InChI is InChI=1S/C20H34N4OS/c1-3-21-20(24-11-8-18(14-24)16-25-2)22-13-17-6-9-23(10-7-17)15-19-5-4-12-26-19/h4-5,12,17-18H,3,6-11,13-16H2,1-2H3,(H,21,22). The molecule has 0 saturated carbocycles. The molecule has 1 aromatic heterocycles. The summed E-state index contributed by atoms with van der Waals surface area (Å²) in [5.74, 6) is 2.47. The summed E-state index contributed by atoms with van der Waals surface area (Å²) in [6.07, 6.45) is 3.74. The van der Waals surface area contributed by atoms with Crippen molar-refractivity contribution in [2.45, 2.75) is 32.7 Å². The van der Waals surface area contributed by atoms with Gasteiger partial charge in [0.2, 0.25) is 0 Å². The van der Waals surface area contributed by atoms with Crippen molar-refractivity contribution in [1.82, 2.24) is 15.1 Å². The Bertz CT molecular complexity index is 540. The van der Waals surface area contributed by atoms with Gasteiger partial charge in [0.25, 0.3) is 0 Å². The van der Waals surface area contributed by atoms with Crippen LogP contribution in [0.25, 0.3) is 0 Å². The molecule has 2 aliphatic rings. The van der Waals surface area contributed by atoms with Crippen molar-refractivity contribution < 1.29 is 4.74 Å². The van der Waals surface area contributed by atoms with E-state index in [1.54, 1.807) is 7.11 Å². The highest BCUT2D eigenvalue weighted by molar-refractivity contribution is 7.09. The number of ether oxygens (including phenoxy) is 1. The van der Waals surface area contributed by atoms with Crippen LogP contribution in [0.4, 0.5) is 0 Å². The van der Waals surface area contributed by atoms with Gasteiger partial charge in [-0.1, -0.05) is 6.07 Å². The minimum absolute atomic E-state index is 0.643. The van der Waals surface area contributed by atoms with Crippen LogP contribution in [0.5, 0.6) is 0 Å². The van der Waals surface area contributed by atoms with Gasteiger partial charge < -0.3 is 15.0 Å². The number of aliphatic imine (C=N–C) groups is 1. The first-order valence-electron chi connectivity index (χ1n) is 10.1. The Labute approximate surface area is 162 Å². The molecule has 1 atom stereocenters. The van der Waals surface area contributed by atoms with Gasteiger partial charge in [-0.2, -0.15) is 0 Å². The molecule has 0 spiro atoms. The molecule has 0 aliphatic carbocycles. The molecule has 0 amide bonds. The third-order valence-electron chi connectivity index (χ3n) is 5.49. The number of piperidine rings is 1. The maximum atomic E-state index is 5.33. The monoisotopic (exact) mass is 378 g/mol. The van der Waals surface area contributed by atoms with Crippen LogP contribution < -0.4 is 5.32 Å². The molecule has 3 heterocycles. The normalized spacial score (nSPS) is 22.9. The molecule has 146 valence electrons. The van der Waals surface area contributed by atoms with Crippen LogP contribution in [0.1, 0.15) is 31.1 Å². The van der Waals surface area contributed by atoms with E-state index in [2.05, 4.69) is 39.6 Å². The number of rotatable bonds is 7. The number of nitrogens with one attached hydrogen (secondary N) is 1. The van der Waals surface area contributed by atoms with E-state index in [1.807, 2.05) is 11.3 Å². The minimum atomic E-state index is 0.643. The summed E-state index contributed by atoms with van der Waals surface area (Å²) in [7, 11) is 1.80. The van der Waals surface area contributed by atoms with Gasteiger partial charge in [0.1, 0.15) is 0 Å². The molecule has 3 rings (SSSR count). The highest BCUT2D eigenvalue weighted by Crippen LogP contribution is 2.21. The number of methoxy groups -OCH3 is 1. The molecular weight excluding hydrogens is 344 g/mol. The fourth-order valence-corrected chi connectivity index (χ4v) is 4.73. The van der Waals surface area contributed by atoms with Crippen molar-refractivity contribution in [2.75, 3.05) is 53.0 Å². The first-order chi connectivity index (χ1) is 12.8. The smallest absolute Gasteiger partial charge is 0.193 e. The Kier molecular flexibility index (Phi) is 7.77. The van der Waals surface area contributed by atoms with Crippen LogP contribution in [-0.2, 0) is 11.3 Å². The molecule has 1 unspecified atom stereocenters. The number of guanidine groups is 1. The first-order valence-corrected chi connectivity index (χ1v) is 10.9. The van der Waals surface area contributed by atoms with Gasteiger partial charge in [0, 0.05) is 50.6 Å². The second-order valence-electron chi connectivity index (χ2n) is 7.55. The van der Waals surface area contributed by atoms with Crippen molar-refractivity contribution in [2.24, 2.45) is 16.8 Å². The van der Waals surface area contributed by atoms with Crippen molar-refractivity contribution in [3.05, 3.63) is 22.4 Å². The molecule has 0 aromatic carbocycles. The average molecular weight is 379 g/mol. The maximum absolute atomic E-state index is 5.33. The molecule has 2 fully saturated rings. The molecule has 1 aromatic rings. The predicted octanol–water partition coefficient (Wildman–Crippen LogP) is 2.89. The minimum Gasteiger partial charge on any atom is -0.384 e. The molecule has 2 aliphatic heterocycles. The summed E-state index contributed by atoms with van der Waals surface area (Å²) in [4.78, 5) is 11.5. The summed E-state index contributed by atoms with van der Waals surface area (Å²) < 4.78 is 5.33. The average Bonchev–Trinajstić information content (AvgIpc) is 3.32. The second-order valence-corrected chi connectivity index (χ2v) is 8.58. The lowest BCUT2D eigenvalue weighted by atomic mass is 9.97. The zero-order chi connectivity index (χ0) is 18.2. The fraction of sp³-hybridized carbons (Fsp3) is 0.750. The van der Waals surface area contributed by atoms with Crippen molar-refractivity contribution in [3.63, 3.8) is 0 Å². The lowest BCUT2D eigenvalue weighted by molar-refractivity contribution is 0.157. The predicted molar refractivity (Wildman–Crippen MR) is 110 cm³/mol. The summed E-state index contributed by atoms with van der Waals surface area (Å²) in [6, 6.07) is 4.40. The second kappa shape index (κ2) is 10.3. The Balaban J connectivity index is 1.45. The van der Waals surface area contributed by atoms with Crippen LogP contribution in [0.15, 0.2) is 22.5 Å². The van der Waals surface area contributed by atoms with E-state index in [4.69, 9.17) is 9.73 Å². The Morgan fingerprint density at radius 3 is 2.77 bits per heavy atom. The van der Waals surface area contributed by atoms with E-state index in [-0.39, 0.29) is 0 Å². The third-order valence-corrected chi connectivity index (χ3v) is 6.35. The highest BCUT2D eigenvalue weighted by Gasteiger charge is 2.25. The van der Waals surface area contributed by atoms with E-state index in [9.17, 15) is 0 Å². The molecule has 5 nitrogen and oxygen atoms in total. The maximum Gasteiger partial charge on any atom is 0.193 e. The highest BCUT2D eigenvalue weighted by atomic mass is 32.1. The van der Waals surface area contributed by atoms with Crippen molar-refractivity contribution >= 4 is 17.3 Å². The molecule has 0 radical (unpaired) electrons. The molecule has 26 heavy (non-hydrogen) atoms. The SMILES string of the molecule is CCNC(=NCC1CCN(Cc2cccs2)CC1)N1CCC(COC)C1. The van der Waals surface area contributed by atoms with Gasteiger partial charge in [0.15, 0.2) is 5.96 Å². The van der Waals surface area contributed by atoms with Gasteiger partial charge in [-0.05, 0) is 56.6 Å². The summed E-state index contributed by atoms with van der Waals surface area (Å²) in [6.45, 7) is 10.6. The third kappa shape index (κ3) is 5.69. The molecule has 1 N–H and O–H groups in total. The summed E-state index contributed by atoms with van der Waals surface area (Å²) in [5.41, 5.74) is 0. The Hall–Kier alpha value is -1.11. The van der Waals surface area contributed by atoms with Gasteiger partial charge in [0.05, 0.1) is 6.61 Å². The number of likely N-dealkylation sites (tertiary alicyclic amines) is 2. The van der Waals surface area contributed by atoms with E-state index < -0.39 is 0 Å². The molecule has 0 bridgehead atoms. The number of hydrogen-bond donors (Lipinski definition) is 1. The fourth-order valence-electron chi connectivity index (χ4n) is 3.99. The van der Waals surface area contributed by atoms with E-state index >= 15 is 0 Å². The summed E-state index contributed by atoms with van der Waals surface area (Å²) >= 11 is 1.87. The van der Waals surface area contributed by atoms with E-state index in [0.717, 1.165) is 51.2 Å². The lowest BCUT2D eigenvalue weighted by Crippen LogP contribution is -2.41. The molecule has 6 heteroatoms. The van der Waals surface area contributed by atoms with E-state index in [0.29, 0.717) is 5.92 Å². The lowest BCUT2D eigenvalue weighted by Gasteiger charge is -2.31. The van der Waals surface area contributed by atoms with Gasteiger partial charge in [-0.15, -0.1) is 11.3 Å². The van der Waals surface area contributed by atoms with Gasteiger partial charge in [-0.25, -0.2) is 0 Å². The molecular formula is C20H34N4OS. The van der Waals surface area contributed by atoms with Crippen molar-refractivity contribution in [1.29, 1.82) is 0 Å². The zero-order valence-electron chi connectivity index (χ0n) is 16.3. The van der Waals surface area contributed by atoms with Crippen LogP contribution >= 0.6 is 11.3 Å².